The van der Waals surface area contributed by atoms with E-state index in [-0.39, 0.29) is 23.1 Å². The number of hydrogen-bond acceptors (Lipinski definition) is 1. The van der Waals surface area contributed by atoms with Gasteiger partial charge in [-0.05, 0) is 52.1 Å². The second-order valence-corrected chi connectivity index (χ2v) is 6.81. The summed E-state index contributed by atoms with van der Waals surface area (Å²) >= 11 is 2.01. The van der Waals surface area contributed by atoms with Gasteiger partial charge in [-0.1, -0.05) is 27.7 Å². The third-order valence-corrected chi connectivity index (χ3v) is 4.07. The number of anilines is 1. The van der Waals surface area contributed by atoms with Crippen LogP contribution in [0.5, 0.6) is 0 Å². The van der Waals surface area contributed by atoms with Crippen LogP contribution in [0, 0.1) is 20.7 Å². The topological polar surface area (TPSA) is 29.1 Å². The Balaban J connectivity index is 2.65. The van der Waals surface area contributed by atoms with Gasteiger partial charge in [0.15, 0.2) is 0 Å². The number of carbonyl (C=O) groups is 1. The molecule has 1 amide bonds. The third kappa shape index (κ3) is 4.55. The fourth-order valence-corrected chi connectivity index (χ4v) is 1.99. The largest absolute Gasteiger partial charge is 0.325 e. The summed E-state index contributed by atoms with van der Waals surface area (Å²) in [5.74, 6) is -0.0296. The second-order valence-electron chi connectivity index (χ2n) is 5.64. The molecule has 0 spiro atoms. The number of amides is 1. The smallest absolute Gasteiger partial charge is 0.224 e. The van der Waals surface area contributed by atoms with Crippen LogP contribution in [0.3, 0.4) is 0 Å². The molecule has 1 rings (SSSR count). The molecule has 4 heteroatoms. The van der Waals surface area contributed by atoms with Crippen LogP contribution in [0.2, 0.25) is 0 Å². The van der Waals surface area contributed by atoms with Crippen LogP contribution in [0.15, 0.2) is 18.2 Å². The van der Waals surface area contributed by atoms with Crippen LogP contribution < -0.4 is 5.32 Å². The molecule has 100 valence electrons. The molecule has 0 aliphatic rings. The molecule has 1 N–H and O–H groups in total. The van der Waals surface area contributed by atoms with E-state index in [9.17, 15) is 9.18 Å². The molecule has 0 bridgehead atoms. The Bertz CT molecular complexity index is 440. The number of carbonyl (C=O) groups excluding carboxylic acids is 1. The normalized spacial score (nSPS) is 13.2. The summed E-state index contributed by atoms with van der Waals surface area (Å²) in [6.45, 7) is 8.42. The molecule has 0 saturated carbocycles. The lowest BCUT2D eigenvalue weighted by atomic mass is 9.80. The zero-order valence-corrected chi connectivity index (χ0v) is 13.3. The van der Waals surface area contributed by atoms with E-state index < -0.39 is 0 Å². The highest BCUT2D eigenvalue weighted by Crippen LogP contribution is 2.28. The van der Waals surface area contributed by atoms with Crippen molar-refractivity contribution in [3.63, 3.8) is 0 Å². The highest BCUT2D eigenvalue weighted by atomic mass is 127. The zero-order chi connectivity index (χ0) is 13.9. The fourth-order valence-electron chi connectivity index (χ4n) is 1.38. The van der Waals surface area contributed by atoms with Gasteiger partial charge < -0.3 is 5.32 Å². The average molecular weight is 363 g/mol. The van der Waals surface area contributed by atoms with Crippen molar-refractivity contribution in [2.45, 2.75) is 34.1 Å². The monoisotopic (exact) mass is 363 g/mol. The molecule has 0 radical (unpaired) electrons. The van der Waals surface area contributed by atoms with Gasteiger partial charge in [0.25, 0.3) is 0 Å². The predicted molar refractivity (Wildman–Crippen MR) is 81.0 cm³/mol. The van der Waals surface area contributed by atoms with Crippen LogP contribution >= 0.6 is 22.6 Å². The molecule has 0 aromatic heterocycles. The van der Waals surface area contributed by atoms with Gasteiger partial charge in [0.1, 0.15) is 5.82 Å². The highest BCUT2D eigenvalue weighted by molar-refractivity contribution is 14.1. The number of halogens is 2. The van der Waals surface area contributed by atoms with Crippen LogP contribution in [0.1, 0.15) is 34.1 Å². The number of benzene rings is 1. The van der Waals surface area contributed by atoms with Crippen molar-refractivity contribution < 1.29 is 9.18 Å². The van der Waals surface area contributed by atoms with Gasteiger partial charge >= 0.3 is 0 Å². The van der Waals surface area contributed by atoms with Crippen LogP contribution in [-0.4, -0.2) is 5.91 Å². The van der Waals surface area contributed by atoms with E-state index in [0.717, 1.165) is 0 Å². The summed E-state index contributed by atoms with van der Waals surface area (Å²) in [4.78, 5) is 11.9. The first-order valence-electron chi connectivity index (χ1n) is 5.95. The number of nitrogens with one attached hydrogen (secondary N) is 1. The lowest BCUT2D eigenvalue weighted by Gasteiger charge is -2.26. The minimum absolute atomic E-state index is 0.0260. The molecule has 0 fully saturated rings. The first-order valence-corrected chi connectivity index (χ1v) is 7.03. The minimum Gasteiger partial charge on any atom is -0.325 e. The summed E-state index contributed by atoms with van der Waals surface area (Å²) < 4.78 is 13.6. The average Bonchev–Trinajstić information content (AvgIpc) is 2.20. The van der Waals surface area contributed by atoms with E-state index >= 15 is 0 Å². The molecule has 18 heavy (non-hydrogen) atoms. The van der Waals surface area contributed by atoms with E-state index in [1.54, 1.807) is 6.07 Å². The molecule has 1 unspecified atom stereocenters. The highest BCUT2D eigenvalue weighted by Gasteiger charge is 2.22. The standard InChI is InChI=1S/C14H19FINO/c1-9(14(2,3)4)7-13(18)17-12-6-5-10(15)8-11(12)16/h5-6,8-9H,7H2,1-4H3,(H,17,18). The second kappa shape index (κ2) is 5.99. The lowest BCUT2D eigenvalue weighted by molar-refractivity contribution is -0.117. The molecule has 0 aliphatic carbocycles. The first kappa shape index (κ1) is 15.4. The molecule has 2 nitrogen and oxygen atoms in total. The molecule has 0 saturated heterocycles. The molecule has 0 aliphatic heterocycles. The van der Waals surface area contributed by atoms with E-state index in [1.807, 2.05) is 22.6 Å². The van der Waals surface area contributed by atoms with Gasteiger partial charge in [-0.2, -0.15) is 0 Å². The van der Waals surface area contributed by atoms with Crippen LogP contribution in [0.25, 0.3) is 0 Å². The van der Waals surface area contributed by atoms with Gasteiger partial charge in [0.05, 0.1) is 5.69 Å². The van der Waals surface area contributed by atoms with Crippen molar-refractivity contribution >= 4 is 34.2 Å². The van der Waals surface area contributed by atoms with Crippen LogP contribution in [0.4, 0.5) is 10.1 Å². The number of rotatable bonds is 3. The maximum Gasteiger partial charge on any atom is 0.224 e. The Morgan fingerprint density at radius 3 is 2.56 bits per heavy atom. The van der Waals surface area contributed by atoms with E-state index in [4.69, 9.17) is 0 Å². The molecular weight excluding hydrogens is 344 g/mol. The molecule has 1 aromatic rings. The Hall–Kier alpha value is -0.650. The van der Waals surface area contributed by atoms with Gasteiger partial charge in [0, 0.05) is 9.99 Å². The predicted octanol–water partition coefficient (Wildman–Crippen LogP) is 4.44. The minimum atomic E-state index is -0.291. The number of hydrogen-bond donors (Lipinski definition) is 1. The Labute approximate surface area is 121 Å². The first-order chi connectivity index (χ1) is 8.20. The SMILES string of the molecule is CC(CC(=O)Nc1ccc(F)cc1I)C(C)(C)C. The van der Waals surface area contributed by atoms with E-state index in [1.165, 1.54) is 12.1 Å². The van der Waals surface area contributed by atoms with Crippen molar-refractivity contribution in [1.82, 2.24) is 0 Å². The summed E-state index contributed by atoms with van der Waals surface area (Å²) in [6, 6.07) is 4.35. The van der Waals surface area contributed by atoms with Crippen molar-refractivity contribution in [1.29, 1.82) is 0 Å². The lowest BCUT2D eigenvalue weighted by Crippen LogP contribution is -2.24. The Morgan fingerprint density at radius 1 is 1.44 bits per heavy atom. The van der Waals surface area contributed by atoms with Gasteiger partial charge in [0.2, 0.25) is 5.91 Å². The fraction of sp³-hybridized carbons (Fsp3) is 0.500. The maximum atomic E-state index is 12.9. The molecular formula is C14H19FINO. The van der Waals surface area contributed by atoms with Crippen LogP contribution in [-0.2, 0) is 4.79 Å². The quantitative estimate of drug-likeness (QED) is 0.791. The summed E-state index contributed by atoms with van der Waals surface area (Å²) in [6.07, 6.45) is 0.469. The van der Waals surface area contributed by atoms with Crippen molar-refractivity contribution in [3.8, 4) is 0 Å². The summed E-state index contributed by atoms with van der Waals surface area (Å²) in [7, 11) is 0. The maximum absolute atomic E-state index is 12.9. The summed E-state index contributed by atoms with van der Waals surface area (Å²) in [5.41, 5.74) is 0.774. The van der Waals surface area contributed by atoms with E-state index in [0.29, 0.717) is 15.7 Å². The molecule has 1 atom stereocenters. The Kier molecular flexibility index (Phi) is 5.13. The van der Waals surface area contributed by atoms with Crippen molar-refractivity contribution in [3.05, 3.63) is 27.6 Å². The summed E-state index contributed by atoms with van der Waals surface area (Å²) in [5, 5.41) is 2.83. The van der Waals surface area contributed by atoms with Crippen molar-refractivity contribution in [2.75, 3.05) is 5.32 Å². The van der Waals surface area contributed by atoms with Gasteiger partial charge in [-0.3, -0.25) is 4.79 Å². The molecule has 1 aromatic carbocycles. The van der Waals surface area contributed by atoms with Gasteiger partial charge in [-0.25, -0.2) is 4.39 Å². The third-order valence-electron chi connectivity index (χ3n) is 3.18. The van der Waals surface area contributed by atoms with E-state index in [2.05, 4.69) is 33.0 Å². The molecule has 0 heterocycles. The zero-order valence-electron chi connectivity index (χ0n) is 11.2. The van der Waals surface area contributed by atoms with Gasteiger partial charge in [-0.15, -0.1) is 0 Å². The van der Waals surface area contributed by atoms with Crippen molar-refractivity contribution in [2.24, 2.45) is 11.3 Å². The Morgan fingerprint density at radius 2 is 2.06 bits per heavy atom.